The fourth-order valence-corrected chi connectivity index (χ4v) is 4.22. The van der Waals surface area contributed by atoms with E-state index < -0.39 is 12.2 Å². The Morgan fingerprint density at radius 2 is 1.92 bits per heavy atom. The van der Waals surface area contributed by atoms with Crippen molar-refractivity contribution >= 4 is 5.78 Å². The van der Waals surface area contributed by atoms with Gasteiger partial charge in [0.05, 0.1) is 12.2 Å². The summed E-state index contributed by atoms with van der Waals surface area (Å²) in [4.78, 5) is 12.1. The topological polar surface area (TPSA) is 77.8 Å². The molecule has 2 aliphatic carbocycles. The van der Waals surface area contributed by atoms with Crippen LogP contribution in [-0.4, -0.2) is 39.9 Å². The van der Waals surface area contributed by atoms with Crippen LogP contribution in [0.5, 0.6) is 0 Å². The summed E-state index contributed by atoms with van der Waals surface area (Å²) in [7, 11) is 0. The normalized spacial score (nSPS) is 34.7. The third-order valence-electron chi connectivity index (χ3n) is 6.02. The van der Waals surface area contributed by atoms with E-state index in [1.54, 1.807) is 0 Å². The van der Waals surface area contributed by atoms with Gasteiger partial charge in [0.15, 0.2) is 0 Å². The summed E-state index contributed by atoms with van der Waals surface area (Å²) in [6.45, 7) is 2.42. The number of hydrogen-bond acceptors (Lipinski definition) is 4. The van der Waals surface area contributed by atoms with Gasteiger partial charge in [0, 0.05) is 24.9 Å². The predicted octanol–water partition coefficient (Wildman–Crippen LogP) is 2.85. The zero-order valence-corrected chi connectivity index (χ0v) is 14.9. The number of unbranched alkanes of at least 4 members (excludes halogenated alkanes) is 3. The van der Waals surface area contributed by atoms with E-state index in [1.807, 2.05) is 12.2 Å². The summed E-state index contributed by atoms with van der Waals surface area (Å²) in [5.41, 5.74) is 0. The van der Waals surface area contributed by atoms with Crippen molar-refractivity contribution in [3.05, 3.63) is 12.2 Å². The van der Waals surface area contributed by atoms with Crippen molar-refractivity contribution in [1.82, 2.24) is 0 Å². The lowest BCUT2D eigenvalue weighted by Gasteiger charge is -2.37. The fourth-order valence-electron chi connectivity index (χ4n) is 4.22. The Bertz CT molecular complexity index is 414. The summed E-state index contributed by atoms with van der Waals surface area (Å²) in [5.74, 6) is 0.999. The van der Waals surface area contributed by atoms with Crippen molar-refractivity contribution in [1.29, 1.82) is 0 Å². The number of Topliss-reactive ketones (excluding diaryl/α,β-unsaturated/α-hetero) is 1. The molecule has 0 unspecified atom stereocenters. The van der Waals surface area contributed by atoms with Gasteiger partial charge in [-0.3, -0.25) is 4.79 Å². The number of aliphatic hydroxyl groups excluding tert-OH is 3. The second kappa shape index (κ2) is 9.69. The molecule has 0 aromatic heterocycles. The molecule has 0 spiro atoms. The van der Waals surface area contributed by atoms with Crippen molar-refractivity contribution in [2.45, 2.75) is 76.9 Å². The first-order chi connectivity index (χ1) is 11.6. The molecule has 4 heteroatoms. The summed E-state index contributed by atoms with van der Waals surface area (Å²) in [6.07, 6.45) is 10.8. The van der Waals surface area contributed by atoms with Crippen LogP contribution in [0.15, 0.2) is 12.2 Å². The molecule has 2 fully saturated rings. The SMILES string of the molecule is CCC1CC([C@@H](O)C=C[C@H]2[C@H](O)CC(=O)[C@@H]2CCCCCCO)C1. The monoisotopic (exact) mass is 338 g/mol. The lowest BCUT2D eigenvalue weighted by Crippen LogP contribution is -2.32. The Kier molecular flexibility index (Phi) is 7.92. The molecule has 4 nitrogen and oxygen atoms in total. The molecule has 24 heavy (non-hydrogen) atoms. The average molecular weight is 338 g/mol. The van der Waals surface area contributed by atoms with Gasteiger partial charge in [0.1, 0.15) is 5.78 Å². The Morgan fingerprint density at radius 3 is 2.58 bits per heavy atom. The van der Waals surface area contributed by atoms with E-state index >= 15 is 0 Å². The maximum Gasteiger partial charge on any atom is 0.139 e. The van der Waals surface area contributed by atoms with Gasteiger partial charge in [-0.05, 0) is 37.5 Å². The molecular formula is C20H34O4. The minimum Gasteiger partial charge on any atom is -0.396 e. The molecule has 0 bridgehead atoms. The van der Waals surface area contributed by atoms with Crippen LogP contribution < -0.4 is 0 Å². The molecule has 4 atom stereocenters. The molecule has 2 saturated carbocycles. The Labute approximate surface area is 146 Å². The van der Waals surface area contributed by atoms with E-state index in [0.717, 1.165) is 50.9 Å². The average Bonchev–Trinajstić information content (AvgIpc) is 2.77. The summed E-state index contributed by atoms with van der Waals surface area (Å²) in [6, 6.07) is 0. The van der Waals surface area contributed by atoms with E-state index in [9.17, 15) is 15.0 Å². The van der Waals surface area contributed by atoms with Crippen LogP contribution in [0, 0.1) is 23.7 Å². The van der Waals surface area contributed by atoms with Crippen molar-refractivity contribution in [3.8, 4) is 0 Å². The third-order valence-corrected chi connectivity index (χ3v) is 6.02. The highest BCUT2D eigenvalue weighted by atomic mass is 16.3. The number of aliphatic hydroxyl groups is 3. The molecule has 2 aliphatic rings. The lowest BCUT2D eigenvalue weighted by atomic mass is 9.70. The van der Waals surface area contributed by atoms with Gasteiger partial charge >= 0.3 is 0 Å². The minimum atomic E-state index is -0.604. The van der Waals surface area contributed by atoms with Crippen LogP contribution in [0.4, 0.5) is 0 Å². The van der Waals surface area contributed by atoms with Gasteiger partial charge in [-0.25, -0.2) is 0 Å². The predicted molar refractivity (Wildman–Crippen MR) is 94.4 cm³/mol. The first-order valence-electron chi connectivity index (χ1n) is 9.74. The number of hydrogen-bond donors (Lipinski definition) is 3. The molecule has 0 saturated heterocycles. The van der Waals surface area contributed by atoms with E-state index in [4.69, 9.17) is 5.11 Å². The van der Waals surface area contributed by atoms with Gasteiger partial charge in [0.2, 0.25) is 0 Å². The molecule has 138 valence electrons. The van der Waals surface area contributed by atoms with E-state index in [2.05, 4.69) is 6.92 Å². The smallest absolute Gasteiger partial charge is 0.139 e. The minimum absolute atomic E-state index is 0.109. The first-order valence-corrected chi connectivity index (χ1v) is 9.74. The van der Waals surface area contributed by atoms with E-state index in [-0.39, 0.29) is 30.6 Å². The summed E-state index contributed by atoms with van der Waals surface area (Å²) in [5, 5.41) is 29.3. The molecule has 0 aliphatic heterocycles. The highest BCUT2D eigenvalue weighted by Gasteiger charge is 2.40. The number of ketones is 1. The Morgan fingerprint density at radius 1 is 1.21 bits per heavy atom. The molecule has 2 rings (SSSR count). The Hall–Kier alpha value is -0.710. The Balaban J connectivity index is 1.81. The second-order valence-corrected chi connectivity index (χ2v) is 7.73. The standard InChI is InChI=1S/C20H34O4/c1-2-14-11-15(12-14)18(22)9-8-17-16(19(23)13-20(17)24)7-5-3-4-6-10-21/h8-9,14-18,20-22,24H,2-7,10-13H2,1H3/t14?,15?,16-,17-,18+,20-/m1/s1. The zero-order chi connectivity index (χ0) is 17.5. The molecule has 3 N–H and O–H groups in total. The molecular weight excluding hydrogens is 304 g/mol. The van der Waals surface area contributed by atoms with Crippen molar-refractivity contribution in [2.75, 3.05) is 6.61 Å². The molecule has 0 heterocycles. The highest BCUT2D eigenvalue weighted by molar-refractivity contribution is 5.84. The maximum atomic E-state index is 12.1. The second-order valence-electron chi connectivity index (χ2n) is 7.73. The van der Waals surface area contributed by atoms with Gasteiger partial charge in [-0.2, -0.15) is 0 Å². The quantitative estimate of drug-likeness (QED) is 0.423. The van der Waals surface area contributed by atoms with Crippen LogP contribution in [-0.2, 0) is 4.79 Å². The summed E-state index contributed by atoms with van der Waals surface area (Å²) < 4.78 is 0. The van der Waals surface area contributed by atoms with Crippen LogP contribution in [0.1, 0.15) is 64.7 Å². The number of carbonyl (C=O) groups excluding carboxylic acids is 1. The van der Waals surface area contributed by atoms with Crippen LogP contribution >= 0.6 is 0 Å². The largest absolute Gasteiger partial charge is 0.396 e. The van der Waals surface area contributed by atoms with Crippen LogP contribution in [0.2, 0.25) is 0 Å². The first kappa shape index (κ1) is 19.6. The highest BCUT2D eigenvalue weighted by Crippen LogP contribution is 2.39. The molecule has 0 radical (unpaired) electrons. The maximum absolute atomic E-state index is 12.1. The molecule has 0 aromatic rings. The van der Waals surface area contributed by atoms with Crippen LogP contribution in [0.25, 0.3) is 0 Å². The lowest BCUT2D eigenvalue weighted by molar-refractivity contribution is -0.121. The third kappa shape index (κ3) is 5.14. The zero-order valence-electron chi connectivity index (χ0n) is 14.9. The van der Waals surface area contributed by atoms with Gasteiger partial charge in [0.25, 0.3) is 0 Å². The number of carbonyl (C=O) groups is 1. The van der Waals surface area contributed by atoms with Gasteiger partial charge in [-0.1, -0.05) is 44.8 Å². The fraction of sp³-hybridized carbons (Fsp3) is 0.850. The van der Waals surface area contributed by atoms with Crippen molar-refractivity contribution in [2.24, 2.45) is 23.7 Å². The van der Waals surface area contributed by atoms with E-state index in [0.29, 0.717) is 5.92 Å². The van der Waals surface area contributed by atoms with Gasteiger partial charge < -0.3 is 15.3 Å². The molecule has 0 amide bonds. The van der Waals surface area contributed by atoms with Gasteiger partial charge in [-0.15, -0.1) is 0 Å². The van der Waals surface area contributed by atoms with Crippen LogP contribution in [0.3, 0.4) is 0 Å². The summed E-state index contributed by atoms with van der Waals surface area (Å²) >= 11 is 0. The molecule has 0 aromatic carbocycles. The number of rotatable bonds is 10. The van der Waals surface area contributed by atoms with E-state index in [1.165, 1.54) is 6.42 Å². The van der Waals surface area contributed by atoms with Crippen molar-refractivity contribution in [3.63, 3.8) is 0 Å². The van der Waals surface area contributed by atoms with Crippen molar-refractivity contribution < 1.29 is 20.1 Å².